The van der Waals surface area contributed by atoms with Gasteiger partial charge in [-0.15, -0.1) is 0 Å². The molecule has 0 aliphatic rings. The van der Waals surface area contributed by atoms with Crippen LogP contribution >= 0.6 is 0 Å². The number of rotatable bonds is 4. The minimum absolute atomic E-state index is 0.422. The predicted octanol–water partition coefficient (Wildman–Crippen LogP) is 3.29. The first kappa shape index (κ1) is 12.5. The van der Waals surface area contributed by atoms with Gasteiger partial charge in [0.25, 0.3) is 0 Å². The molecule has 0 saturated heterocycles. The molecule has 1 atom stereocenters. The minimum atomic E-state index is -2.82. The van der Waals surface area contributed by atoms with Crippen molar-refractivity contribution in [2.24, 2.45) is 0 Å². The van der Waals surface area contributed by atoms with E-state index in [0.29, 0.717) is 11.5 Å². The van der Waals surface area contributed by atoms with Crippen LogP contribution in [0.2, 0.25) is 0 Å². The molecule has 0 aliphatic heterocycles. The van der Waals surface area contributed by atoms with Gasteiger partial charge in [0.05, 0.1) is 11.5 Å². The summed E-state index contributed by atoms with van der Waals surface area (Å²) in [5.41, 5.74) is 0. The zero-order valence-corrected chi connectivity index (χ0v) is 11.2. The highest BCUT2D eigenvalue weighted by Crippen LogP contribution is 2.24. The molecule has 0 bridgehead atoms. The summed E-state index contributed by atoms with van der Waals surface area (Å²) >= 11 is 5.11. The molecule has 2 aromatic rings. The highest BCUT2D eigenvalue weighted by molar-refractivity contribution is 8.30. The SMILES string of the molecule is CCCOS(=O)(=S)c1cccc2ccccc12. The minimum Gasteiger partial charge on any atom is -0.286 e. The molecular weight excluding hydrogens is 252 g/mol. The molecule has 0 aliphatic carbocycles. The van der Waals surface area contributed by atoms with Crippen LogP contribution in [-0.2, 0) is 24.1 Å². The van der Waals surface area contributed by atoms with Gasteiger partial charge in [0.2, 0.25) is 0 Å². The number of fused-ring (bicyclic) bond motifs is 1. The Morgan fingerprint density at radius 2 is 1.88 bits per heavy atom. The van der Waals surface area contributed by atoms with E-state index in [0.717, 1.165) is 17.2 Å². The molecule has 0 fully saturated rings. The molecule has 0 radical (unpaired) electrons. The highest BCUT2D eigenvalue weighted by Gasteiger charge is 2.13. The van der Waals surface area contributed by atoms with Crippen molar-refractivity contribution in [2.75, 3.05) is 6.61 Å². The lowest BCUT2D eigenvalue weighted by Gasteiger charge is -2.10. The fraction of sp³-hybridized carbons (Fsp3) is 0.231. The third-order valence-electron chi connectivity index (χ3n) is 2.46. The second-order valence-electron chi connectivity index (χ2n) is 3.75. The van der Waals surface area contributed by atoms with Crippen LogP contribution in [0.4, 0.5) is 0 Å². The largest absolute Gasteiger partial charge is 0.286 e. The van der Waals surface area contributed by atoms with Crippen molar-refractivity contribution >= 4 is 30.7 Å². The van der Waals surface area contributed by atoms with Crippen molar-refractivity contribution in [2.45, 2.75) is 18.2 Å². The zero-order valence-electron chi connectivity index (χ0n) is 9.59. The van der Waals surface area contributed by atoms with Crippen LogP contribution in [0.1, 0.15) is 13.3 Å². The van der Waals surface area contributed by atoms with E-state index in [9.17, 15) is 4.21 Å². The molecule has 2 rings (SSSR count). The van der Waals surface area contributed by atoms with E-state index in [1.165, 1.54) is 0 Å². The normalized spacial score (nSPS) is 14.6. The second-order valence-corrected chi connectivity index (χ2v) is 6.65. The Kier molecular flexibility index (Phi) is 3.76. The van der Waals surface area contributed by atoms with Crippen molar-refractivity contribution in [1.82, 2.24) is 0 Å². The lowest BCUT2D eigenvalue weighted by Crippen LogP contribution is -2.06. The van der Waals surface area contributed by atoms with Gasteiger partial charge in [0.15, 0.2) is 8.77 Å². The third kappa shape index (κ3) is 2.65. The van der Waals surface area contributed by atoms with Gasteiger partial charge in [-0.2, -0.15) is 0 Å². The van der Waals surface area contributed by atoms with Gasteiger partial charge < -0.3 is 0 Å². The van der Waals surface area contributed by atoms with Crippen molar-refractivity contribution in [1.29, 1.82) is 0 Å². The maximum Gasteiger partial charge on any atom is 0.174 e. The summed E-state index contributed by atoms with van der Waals surface area (Å²) in [6.45, 7) is 2.39. The molecule has 0 spiro atoms. The lowest BCUT2D eigenvalue weighted by atomic mass is 10.1. The quantitative estimate of drug-likeness (QED) is 0.849. The Morgan fingerprint density at radius 1 is 1.18 bits per heavy atom. The Morgan fingerprint density at radius 3 is 2.65 bits per heavy atom. The van der Waals surface area contributed by atoms with Gasteiger partial charge in [0.1, 0.15) is 0 Å². The van der Waals surface area contributed by atoms with Crippen LogP contribution in [0.3, 0.4) is 0 Å². The first-order chi connectivity index (χ1) is 8.15. The van der Waals surface area contributed by atoms with E-state index in [1.54, 1.807) is 6.07 Å². The smallest absolute Gasteiger partial charge is 0.174 e. The summed E-state index contributed by atoms with van der Waals surface area (Å²) in [6, 6.07) is 13.4. The molecular formula is C13H14O2S2. The number of hydrogen-bond donors (Lipinski definition) is 0. The molecule has 0 N–H and O–H groups in total. The van der Waals surface area contributed by atoms with Gasteiger partial charge in [0, 0.05) is 16.6 Å². The van der Waals surface area contributed by atoms with Crippen LogP contribution in [-0.4, -0.2) is 10.8 Å². The third-order valence-corrected chi connectivity index (χ3v) is 4.66. The molecule has 1 unspecified atom stereocenters. The topological polar surface area (TPSA) is 26.3 Å². The Bertz CT molecular complexity index is 613. The van der Waals surface area contributed by atoms with Gasteiger partial charge >= 0.3 is 0 Å². The lowest BCUT2D eigenvalue weighted by molar-refractivity contribution is 0.346. The van der Waals surface area contributed by atoms with Crippen molar-refractivity contribution in [3.8, 4) is 0 Å². The van der Waals surface area contributed by atoms with Crippen molar-refractivity contribution in [3.05, 3.63) is 42.5 Å². The molecule has 0 heterocycles. The molecule has 0 amide bonds. The Balaban J connectivity index is 2.55. The fourth-order valence-corrected chi connectivity index (χ4v) is 3.52. The molecule has 17 heavy (non-hydrogen) atoms. The molecule has 0 aromatic heterocycles. The van der Waals surface area contributed by atoms with E-state index < -0.39 is 8.77 Å². The highest BCUT2D eigenvalue weighted by atomic mass is 32.8. The zero-order chi connectivity index (χ0) is 12.3. The molecule has 90 valence electrons. The van der Waals surface area contributed by atoms with E-state index in [1.807, 2.05) is 43.3 Å². The molecule has 2 nitrogen and oxygen atoms in total. The van der Waals surface area contributed by atoms with E-state index in [2.05, 4.69) is 0 Å². The average molecular weight is 266 g/mol. The van der Waals surface area contributed by atoms with Gasteiger partial charge in [-0.25, -0.2) is 4.21 Å². The van der Waals surface area contributed by atoms with Gasteiger partial charge in [-0.1, -0.05) is 43.3 Å². The van der Waals surface area contributed by atoms with Crippen LogP contribution < -0.4 is 0 Å². The maximum atomic E-state index is 12.4. The first-order valence-corrected chi connectivity index (χ1v) is 7.93. The molecule has 4 heteroatoms. The summed E-state index contributed by atoms with van der Waals surface area (Å²) in [7, 11) is -2.82. The molecule has 2 aromatic carbocycles. The van der Waals surface area contributed by atoms with Crippen molar-refractivity contribution in [3.63, 3.8) is 0 Å². The van der Waals surface area contributed by atoms with Gasteiger partial charge in [-0.3, -0.25) is 4.18 Å². The van der Waals surface area contributed by atoms with Crippen LogP contribution in [0.25, 0.3) is 10.8 Å². The van der Waals surface area contributed by atoms with Crippen LogP contribution in [0, 0.1) is 0 Å². The summed E-state index contributed by atoms with van der Waals surface area (Å²) in [4.78, 5) is 0.610. The summed E-state index contributed by atoms with van der Waals surface area (Å²) in [5.74, 6) is 0. The van der Waals surface area contributed by atoms with Crippen molar-refractivity contribution < 1.29 is 8.39 Å². The van der Waals surface area contributed by atoms with Crippen LogP contribution in [0.15, 0.2) is 47.4 Å². The van der Waals surface area contributed by atoms with Gasteiger partial charge in [-0.05, 0) is 17.9 Å². The number of benzene rings is 2. The first-order valence-electron chi connectivity index (χ1n) is 5.52. The standard InChI is InChI=1S/C13H14O2S2/c1-2-10-15-17(14,16)13-9-5-7-11-6-3-4-8-12(11)13/h3-9H,2,10H2,1H3. The second kappa shape index (κ2) is 5.12. The number of hydrogen-bond acceptors (Lipinski definition) is 3. The molecule has 0 saturated carbocycles. The monoisotopic (exact) mass is 266 g/mol. The fourth-order valence-electron chi connectivity index (χ4n) is 1.67. The van der Waals surface area contributed by atoms with E-state index >= 15 is 0 Å². The van der Waals surface area contributed by atoms with E-state index in [4.69, 9.17) is 15.4 Å². The van der Waals surface area contributed by atoms with E-state index in [-0.39, 0.29) is 0 Å². The summed E-state index contributed by atoms with van der Waals surface area (Å²) in [6.07, 6.45) is 0.804. The van der Waals surface area contributed by atoms with Crippen LogP contribution in [0.5, 0.6) is 0 Å². The Labute approximate surface area is 106 Å². The summed E-state index contributed by atoms with van der Waals surface area (Å²) in [5, 5.41) is 1.94. The average Bonchev–Trinajstić information content (AvgIpc) is 2.36. The summed E-state index contributed by atoms with van der Waals surface area (Å²) < 4.78 is 17.7. The maximum absolute atomic E-state index is 12.4. The Hall–Kier alpha value is -0.970. The predicted molar refractivity (Wildman–Crippen MR) is 74.0 cm³/mol.